The summed E-state index contributed by atoms with van der Waals surface area (Å²) in [5, 5.41) is 0. The van der Waals surface area contributed by atoms with Crippen molar-refractivity contribution in [1.82, 2.24) is 4.72 Å². The zero-order valence-electron chi connectivity index (χ0n) is 17.6. The third kappa shape index (κ3) is 6.24. The van der Waals surface area contributed by atoms with Crippen molar-refractivity contribution in [3.63, 3.8) is 0 Å². The summed E-state index contributed by atoms with van der Waals surface area (Å²) in [4.78, 5) is 0.496. The van der Waals surface area contributed by atoms with Gasteiger partial charge in [-0.3, -0.25) is 0 Å². The first-order valence-corrected chi connectivity index (χ1v) is 11.4. The molecular weight excluding hydrogens is 342 g/mol. The van der Waals surface area contributed by atoms with Gasteiger partial charge < -0.3 is 0 Å². The fourth-order valence-electron chi connectivity index (χ4n) is 2.98. The first kappa shape index (κ1) is 22.9. The highest BCUT2D eigenvalue weighted by molar-refractivity contribution is 7.89. The van der Waals surface area contributed by atoms with Crippen LogP contribution in [0.5, 0.6) is 0 Å². The van der Waals surface area contributed by atoms with E-state index >= 15 is 0 Å². The van der Waals surface area contributed by atoms with E-state index in [4.69, 9.17) is 0 Å². The molecule has 0 radical (unpaired) electrons. The van der Waals surface area contributed by atoms with Crippen molar-refractivity contribution < 1.29 is 8.42 Å². The van der Waals surface area contributed by atoms with Gasteiger partial charge in [-0.15, -0.1) is 0 Å². The Morgan fingerprint density at radius 1 is 0.923 bits per heavy atom. The van der Waals surface area contributed by atoms with Crippen molar-refractivity contribution >= 4 is 10.0 Å². The third-order valence-electron chi connectivity index (χ3n) is 4.59. The van der Waals surface area contributed by atoms with Crippen molar-refractivity contribution in [2.24, 2.45) is 0 Å². The minimum Gasteiger partial charge on any atom is -0.211 e. The second kappa shape index (κ2) is 10.3. The second-order valence-corrected chi connectivity index (χ2v) is 9.62. The average molecular weight is 380 g/mol. The van der Waals surface area contributed by atoms with Crippen LogP contribution in [-0.4, -0.2) is 15.0 Å². The maximum Gasteiger partial charge on any atom is 0.241 e. The van der Waals surface area contributed by atoms with Crippen LogP contribution >= 0.6 is 0 Å². The molecule has 0 atom stereocenters. The number of hydrogen-bond donors (Lipinski definition) is 1. The van der Waals surface area contributed by atoms with Gasteiger partial charge in [0.25, 0.3) is 0 Å². The van der Waals surface area contributed by atoms with Crippen molar-refractivity contribution in [3.8, 4) is 0 Å². The lowest BCUT2D eigenvalue weighted by Crippen LogP contribution is -2.27. The molecule has 1 aromatic carbocycles. The SMILES string of the molecule is CC/C=C\CCCNS(=O)(=O)c1c(C(C)C)cc(C(C)C)cc1C(C)C. The van der Waals surface area contributed by atoms with Gasteiger partial charge in [0.2, 0.25) is 10.0 Å². The molecule has 0 bridgehead atoms. The van der Waals surface area contributed by atoms with Crippen LogP contribution in [0, 0.1) is 0 Å². The van der Waals surface area contributed by atoms with E-state index in [1.165, 1.54) is 5.56 Å². The molecule has 0 aliphatic carbocycles. The van der Waals surface area contributed by atoms with E-state index in [9.17, 15) is 8.42 Å². The summed E-state index contributed by atoms with van der Waals surface area (Å²) in [6, 6.07) is 4.17. The molecule has 0 aliphatic heterocycles. The molecule has 0 aliphatic rings. The standard InChI is InChI=1S/C22H37NO2S/c1-8-9-10-11-12-13-23-26(24,25)22-20(17(4)5)14-19(16(2)3)15-21(22)18(6)7/h9-10,14-18,23H,8,11-13H2,1-7H3/b10-9-. The molecule has 0 saturated carbocycles. The number of benzene rings is 1. The van der Waals surface area contributed by atoms with E-state index < -0.39 is 10.0 Å². The summed E-state index contributed by atoms with van der Waals surface area (Å²) in [6.07, 6.45) is 6.96. The van der Waals surface area contributed by atoms with Crippen LogP contribution in [0.15, 0.2) is 29.2 Å². The maximum atomic E-state index is 13.1. The van der Waals surface area contributed by atoms with Crippen LogP contribution < -0.4 is 4.72 Å². The Morgan fingerprint density at radius 3 is 1.88 bits per heavy atom. The summed E-state index contributed by atoms with van der Waals surface area (Å²) >= 11 is 0. The topological polar surface area (TPSA) is 46.2 Å². The number of hydrogen-bond acceptors (Lipinski definition) is 2. The zero-order valence-corrected chi connectivity index (χ0v) is 18.4. The maximum absolute atomic E-state index is 13.1. The molecule has 0 unspecified atom stereocenters. The second-order valence-electron chi connectivity index (χ2n) is 7.91. The number of rotatable bonds is 10. The highest BCUT2D eigenvalue weighted by Crippen LogP contribution is 2.34. The molecule has 4 heteroatoms. The summed E-state index contributed by atoms with van der Waals surface area (Å²) < 4.78 is 29.1. The molecule has 148 valence electrons. The van der Waals surface area contributed by atoms with Crippen LogP contribution in [-0.2, 0) is 10.0 Å². The molecule has 0 saturated heterocycles. The van der Waals surface area contributed by atoms with E-state index in [0.717, 1.165) is 30.4 Å². The minimum absolute atomic E-state index is 0.158. The van der Waals surface area contributed by atoms with Gasteiger partial charge in [-0.1, -0.05) is 72.8 Å². The Labute approximate surface area is 161 Å². The van der Waals surface area contributed by atoms with Crippen LogP contribution in [0.4, 0.5) is 0 Å². The van der Waals surface area contributed by atoms with E-state index in [0.29, 0.717) is 17.4 Å². The summed E-state index contributed by atoms with van der Waals surface area (Å²) in [5.74, 6) is 0.690. The van der Waals surface area contributed by atoms with Gasteiger partial charge in [-0.2, -0.15) is 0 Å². The van der Waals surface area contributed by atoms with Gasteiger partial charge in [0.15, 0.2) is 0 Å². The molecule has 0 heterocycles. The van der Waals surface area contributed by atoms with Crippen LogP contribution in [0.3, 0.4) is 0 Å². The predicted molar refractivity (Wildman–Crippen MR) is 113 cm³/mol. The molecule has 1 aromatic rings. The van der Waals surface area contributed by atoms with Crippen LogP contribution in [0.25, 0.3) is 0 Å². The summed E-state index contributed by atoms with van der Waals surface area (Å²) in [7, 11) is -3.52. The monoisotopic (exact) mass is 379 g/mol. The first-order valence-electron chi connectivity index (χ1n) is 9.94. The number of nitrogens with one attached hydrogen (secondary N) is 1. The fourth-order valence-corrected chi connectivity index (χ4v) is 4.75. The highest BCUT2D eigenvalue weighted by Gasteiger charge is 2.26. The quantitative estimate of drug-likeness (QED) is 0.395. The summed E-state index contributed by atoms with van der Waals surface area (Å²) in [5.41, 5.74) is 3.07. The van der Waals surface area contributed by atoms with Crippen molar-refractivity contribution in [3.05, 3.63) is 41.0 Å². The van der Waals surface area contributed by atoms with Crippen molar-refractivity contribution in [1.29, 1.82) is 0 Å². The van der Waals surface area contributed by atoms with Crippen molar-refractivity contribution in [2.75, 3.05) is 6.54 Å². The average Bonchev–Trinajstić information content (AvgIpc) is 2.56. The van der Waals surface area contributed by atoms with Crippen molar-refractivity contribution in [2.45, 2.75) is 90.4 Å². The molecule has 0 fully saturated rings. The normalized spacial score (nSPS) is 12.8. The fraction of sp³-hybridized carbons (Fsp3) is 0.636. The Bertz CT molecular complexity index is 672. The molecule has 1 N–H and O–H groups in total. The molecule has 3 nitrogen and oxygen atoms in total. The Hall–Kier alpha value is -1.13. The molecular formula is C22H37NO2S. The van der Waals surface area contributed by atoms with E-state index in [1.807, 2.05) is 0 Å². The Kier molecular flexibility index (Phi) is 9.05. The lowest BCUT2D eigenvalue weighted by molar-refractivity contribution is 0.574. The number of sulfonamides is 1. The van der Waals surface area contributed by atoms with E-state index in [1.54, 1.807) is 0 Å². The van der Waals surface area contributed by atoms with Crippen LogP contribution in [0.2, 0.25) is 0 Å². The smallest absolute Gasteiger partial charge is 0.211 e. The van der Waals surface area contributed by atoms with Gasteiger partial charge in [-0.25, -0.2) is 13.1 Å². The van der Waals surface area contributed by atoms with Gasteiger partial charge >= 0.3 is 0 Å². The van der Waals surface area contributed by atoms with Gasteiger partial charge in [-0.05, 0) is 53.7 Å². The largest absolute Gasteiger partial charge is 0.241 e. The Morgan fingerprint density at radius 2 is 1.46 bits per heavy atom. The van der Waals surface area contributed by atoms with E-state index in [-0.39, 0.29) is 11.8 Å². The first-order chi connectivity index (χ1) is 12.1. The Balaban J connectivity index is 3.24. The third-order valence-corrected chi connectivity index (χ3v) is 6.18. The van der Waals surface area contributed by atoms with Gasteiger partial charge in [0.1, 0.15) is 0 Å². The lowest BCUT2D eigenvalue weighted by atomic mass is 9.89. The van der Waals surface area contributed by atoms with E-state index in [2.05, 4.69) is 77.5 Å². The predicted octanol–water partition coefficient (Wildman–Crippen LogP) is 6.08. The lowest BCUT2D eigenvalue weighted by Gasteiger charge is -2.23. The molecule has 26 heavy (non-hydrogen) atoms. The van der Waals surface area contributed by atoms with Crippen LogP contribution in [0.1, 0.15) is 102 Å². The summed E-state index contributed by atoms with van der Waals surface area (Å²) in [6.45, 7) is 15.1. The van der Waals surface area contributed by atoms with Gasteiger partial charge in [0.05, 0.1) is 4.90 Å². The zero-order chi connectivity index (χ0) is 19.9. The highest BCUT2D eigenvalue weighted by atomic mass is 32.2. The number of unbranched alkanes of at least 4 members (excludes halogenated alkanes) is 1. The molecule has 0 amide bonds. The molecule has 1 rings (SSSR count). The van der Waals surface area contributed by atoms with Gasteiger partial charge in [0, 0.05) is 6.54 Å². The minimum atomic E-state index is -3.52. The molecule has 0 aromatic heterocycles. The number of allylic oxidation sites excluding steroid dienone is 2. The molecule has 0 spiro atoms.